The summed E-state index contributed by atoms with van der Waals surface area (Å²) in [7, 11) is 0. The molecular formula is C14H12O3. The number of aldehydes is 1. The van der Waals surface area contributed by atoms with Crippen molar-refractivity contribution in [1.82, 2.24) is 0 Å². The van der Waals surface area contributed by atoms with E-state index < -0.39 is 0 Å². The molecule has 0 spiro atoms. The van der Waals surface area contributed by atoms with E-state index in [1.807, 2.05) is 30.3 Å². The Hall–Kier alpha value is -2.29. The van der Waals surface area contributed by atoms with Crippen LogP contribution in [0.4, 0.5) is 0 Å². The van der Waals surface area contributed by atoms with Crippen LogP contribution in [0.3, 0.4) is 0 Å². The summed E-state index contributed by atoms with van der Waals surface area (Å²) in [5.41, 5.74) is 0.983. The van der Waals surface area contributed by atoms with E-state index in [1.165, 1.54) is 6.07 Å². The number of carbonyl (C=O) groups is 1. The van der Waals surface area contributed by atoms with Gasteiger partial charge in [0.05, 0.1) is 5.56 Å². The zero-order valence-corrected chi connectivity index (χ0v) is 9.38. The molecule has 0 heterocycles. The number of aryl methyl sites for hydroxylation is 1. The Kier molecular flexibility index (Phi) is 3.10. The van der Waals surface area contributed by atoms with Gasteiger partial charge in [-0.1, -0.05) is 18.2 Å². The maximum atomic E-state index is 10.7. The van der Waals surface area contributed by atoms with E-state index in [1.54, 1.807) is 13.0 Å². The van der Waals surface area contributed by atoms with Gasteiger partial charge in [0.15, 0.2) is 6.29 Å². The SMILES string of the molecule is Cc1cc(Oc2ccccc2)cc(O)c1C=O. The van der Waals surface area contributed by atoms with E-state index in [0.29, 0.717) is 28.9 Å². The lowest BCUT2D eigenvalue weighted by Crippen LogP contribution is -1.90. The second kappa shape index (κ2) is 4.70. The first kappa shape index (κ1) is 11.2. The van der Waals surface area contributed by atoms with Crippen LogP contribution in [-0.4, -0.2) is 11.4 Å². The van der Waals surface area contributed by atoms with Crippen LogP contribution in [0.5, 0.6) is 17.2 Å². The molecule has 0 aromatic heterocycles. The van der Waals surface area contributed by atoms with Gasteiger partial charge in [0.1, 0.15) is 17.2 Å². The monoisotopic (exact) mass is 228 g/mol. The number of phenolic OH excluding ortho intramolecular Hbond substituents is 1. The molecule has 0 aliphatic carbocycles. The number of carbonyl (C=O) groups excluding carboxylic acids is 1. The molecule has 0 saturated heterocycles. The number of benzene rings is 2. The zero-order chi connectivity index (χ0) is 12.3. The third-order valence-corrected chi connectivity index (χ3v) is 2.44. The predicted molar refractivity (Wildman–Crippen MR) is 64.7 cm³/mol. The van der Waals surface area contributed by atoms with E-state index in [9.17, 15) is 9.90 Å². The molecule has 3 nitrogen and oxygen atoms in total. The summed E-state index contributed by atoms with van der Waals surface area (Å²) >= 11 is 0. The summed E-state index contributed by atoms with van der Waals surface area (Å²) in [5, 5.41) is 9.64. The molecular weight excluding hydrogens is 216 g/mol. The fraction of sp³-hybridized carbons (Fsp3) is 0.0714. The second-order valence-corrected chi connectivity index (χ2v) is 3.71. The highest BCUT2D eigenvalue weighted by atomic mass is 16.5. The molecule has 0 fully saturated rings. The maximum Gasteiger partial charge on any atom is 0.154 e. The molecule has 2 aromatic carbocycles. The zero-order valence-electron chi connectivity index (χ0n) is 9.38. The van der Waals surface area contributed by atoms with Gasteiger partial charge >= 0.3 is 0 Å². The summed E-state index contributed by atoms with van der Waals surface area (Å²) in [6.45, 7) is 1.75. The lowest BCUT2D eigenvalue weighted by molar-refractivity contribution is 0.112. The van der Waals surface area contributed by atoms with Gasteiger partial charge in [-0.25, -0.2) is 0 Å². The first-order chi connectivity index (χ1) is 8.20. The van der Waals surface area contributed by atoms with Crippen LogP contribution in [0.15, 0.2) is 42.5 Å². The molecule has 0 aliphatic heterocycles. The number of rotatable bonds is 3. The lowest BCUT2D eigenvalue weighted by atomic mass is 10.1. The lowest BCUT2D eigenvalue weighted by Gasteiger charge is -2.08. The number of para-hydroxylation sites is 1. The van der Waals surface area contributed by atoms with Crippen LogP contribution in [0.1, 0.15) is 15.9 Å². The Bertz CT molecular complexity index is 509. The molecule has 2 rings (SSSR count). The van der Waals surface area contributed by atoms with Crippen molar-refractivity contribution in [3.05, 3.63) is 53.6 Å². The Morgan fingerprint density at radius 3 is 2.41 bits per heavy atom. The molecule has 0 bridgehead atoms. The third-order valence-electron chi connectivity index (χ3n) is 2.44. The van der Waals surface area contributed by atoms with E-state index in [4.69, 9.17) is 4.74 Å². The number of phenols is 1. The van der Waals surface area contributed by atoms with Crippen molar-refractivity contribution in [2.45, 2.75) is 6.92 Å². The first-order valence-corrected chi connectivity index (χ1v) is 5.22. The highest BCUT2D eigenvalue weighted by molar-refractivity contribution is 5.82. The van der Waals surface area contributed by atoms with Gasteiger partial charge in [0.2, 0.25) is 0 Å². The van der Waals surface area contributed by atoms with Crippen LogP contribution >= 0.6 is 0 Å². The molecule has 0 aliphatic rings. The highest BCUT2D eigenvalue weighted by Crippen LogP contribution is 2.29. The van der Waals surface area contributed by atoms with Crippen LogP contribution < -0.4 is 4.74 Å². The van der Waals surface area contributed by atoms with Gasteiger partial charge in [-0.2, -0.15) is 0 Å². The number of hydrogen-bond donors (Lipinski definition) is 1. The van der Waals surface area contributed by atoms with Crippen molar-refractivity contribution >= 4 is 6.29 Å². The molecule has 3 heteroatoms. The smallest absolute Gasteiger partial charge is 0.154 e. The molecule has 0 radical (unpaired) electrons. The van der Waals surface area contributed by atoms with E-state index in [-0.39, 0.29) is 5.75 Å². The van der Waals surface area contributed by atoms with Crippen molar-refractivity contribution in [2.24, 2.45) is 0 Å². The summed E-state index contributed by atoms with van der Waals surface area (Å²) < 4.78 is 5.56. The van der Waals surface area contributed by atoms with E-state index >= 15 is 0 Å². The number of aromatic hydroxyl groups is 1. The minimum Gasteiger partial charge on any atom is -0.507 e. The molecule has 2 aromatic rings. The Labute approximate surface area is 99.3 Å². The van der Waals surface area contributed by atoms with Gasteiger partial charge in [-0.3, -0.25) is 4.79 Å². The van der Waals surface area contributed by atoms with Crippen molar-refractivity contribution in [3.8, 4) is 17.2 Å². The van der Waals surface area contributed by atoms with Crippen molar-refractivity contribution in [1.29, 1.82) is 0 Å². The van der Waals surface area contributed by atoms with Crippen LogP contribution in [-0.2, 0) is 0 Å². The Balaban J connectivity index is 2.32. The van der Waals surface area contributed by atoms with Crippen molar-refractivity contribution < 1.29 is 14.6 Å². The number of ether oxygens (including phenoxy) is 1. The molecule has 86 valence electrons. The summed E-state index contributed by atoms with van der Waals surface area (Å²) in [5.74, 6) is 1.13. The van der Waals surface area contributed by atoms with Crippen LogP contribution in [0.2, 0.25) is 0 Å². The Morgan fingerprint density at radius 1 is 1.12 bits per heavy atom. The molecule has 0 unspecified atom stereocenters. The predicted octanol–water partition coefficient (Wildman–Crippen LogP) is 3.31. The van der Waals surface area contributed by atoms with Gasteiger partial charge in [0, 0.05) is 6.07 Å². The van der Waals surface area contributed by atoms with Crippen molar-refractivity contribution in [3.63, 3.8) is 0 Å². The Morgan fingerprint density at radius 2 is 1.82 bits per heavy atom. The maximum absolute atomic E-state index is 10.7. The minimum atomic E-state index is -0.0640. The average molecular weight is 228 g/mol. The largest absolute Gasteiger partial charge is 0.507 e. The quantitative estimate of drug-likeness (QED) is 0.820. The summed E-state index contributed by atoms with van der Waals surface area (Å²) in [6.07, 6.45) is 0.636. The van der Waals surface area contributed by atoms with Crippen molar-refractivity contribution in [2.75, 3.05) is 0 Å². The van der Waals surface area contributed by atoms with E-state index in [0.717, 1.165) is 0 Å². The topological polar surface area (TPSA) is 46.5 Å². The average Bonchev–Trinajstić information content (AvgIpc) is 2.30. The fourth-order valence-corrected chi connectivity index (χ4v) is 1.58. The fourth-order valence-electron chi connectivity index (χ4n) is 1.58. The van der Waals surface area contributed by atoms with E-state index in [2.05, 4.69) is 0 Å². The molecule has 17 heavy (non-hydrogen) atoms. The van der Waals surface area contributed by atoms with Gasteiger partial charge in [0.25, 0.3) is 0 Å². The standard InChI is InChI=1S/C14H12O3/c1-10-7-12(8-14(16)13(10)9-15)17-11-5-3-2-4-6-11/h2-9,16H,1H3. The van der Waals surface area contributed by atoms with Crippen LogP contribution in [0, 0.1) is 6.92 Å². The summed E-state index contributed by atoms with van der Waals surface area (Å²) in [6, 6.07) is 12.4. The molecule has 0 amide bonds. The van der Waals surface area contributed by atoms with Gasteiger partial charge in [-0.15, -0.1) is 0 Å². The second-order valence-electron chi connectivity index (χ2n) is 3.71. The van der Waals surface area contributed by atoms with Gasteiger partial charge < -0.3 is 9.84 Å². The van der Waals surface area contributed by atoms with Gasteiger partial charge in [-0.05, 0) is 30.7 Å². The normalized spacial score (nSPS) is 9.94. The molecule has 0 atom stereocenters. The first-order valence-electron chi connectivity index (χ1n) is 5.22. The molecule has 1 N–H and O–H groups in total. The minimum absolute atomic E-state index is 0.0640. The third kappa shape index (κ3) is 2.45. The number of hydrogen-bond acceptors (Lipinski definition) is 3. The summed E-state index contributed by atoms with van der Waals surface area (Å²) in [4.78, 5) is 10.7. The highest BCUT2D eigenvalue weighted by Gasteiger charge is 2.07. The van der Waals surface area contributed by atoms with Crippen LogP contribution in [0.25, 0.3) is 0 Å². The molecule has 0 saturated carbocycles.